The molecule has 2 aromatic heterocycles. The number of rotatable bonds is 4. The topological polar surface area (TPSA) is 72.5 Å². The average Bonchev–Trinajstić information content (AvgIpc) is 3.23. The van der Waals surface area contributed by atoms with Crippen molar-refractivity contribution < 1.29 is 9.50 Å². The van der Waals surface area contributed by atoms with Crippen molar-refractivity contribution >= 4 is 49.9 Å². The van der Waals surface area contributed by atoms with Crippen LogP contribution in [0.1, 0.15) is 0 Å². The molecule has 6 nitrogen and oxygen atoms in total. The number of halogens is 2. The molecule has 1 fully saturated rings. The third kappa shape index (κ3) is 3.49. The lowest BCUT2D eigenvalue weighted by molar-refractivity contribution is 0.0382. The van der Waals surface area contributed by atoms with E-state index in [4.69, 9.17) is 11.6 Å². The van der Waals surface area contributed by atoms with Crippen LogP contribution in [0.5, 0.6) is 0 Å². The van der Waals surface area contributed by atoms with Crippen LogP contribution in [0.3, 0.4) is 0 Å². The quantitative estimate of drug-likeness (QED) is 0.437. The van der Waals surface area contributed by atoms with Crippen LogP contribution in [-0.4, -0.2) is 51.8 Å². The molecule has 2 N–H and O–H groups in total. The second-order valence-corrected chi connectivity index (χ2v) is 8.86. The summed E-state index contributed by atoms with van der Waals surface area (Å²) in [6.45, 7) is 6.30. The number of benzene rings is 2. The van der Waals surface area contributed by atoms with Crippen LogP contribution in [0.2, 0.25) is 5.02 Å². The van der Waals surface area contributed by atoms with Crippen molar-refractivity contribution in [2.24, 2.45) is 0 Å². The number of aliphatic hydroxyl groups excluding tert-OH is 1. The zero-order chi connectivity index (χ0) is 22.4. The Morgan fingerprint density at radius 3 is 2.78 bits per heavy atom. The van der Waals surface area contributed by atoms with E-state index in [2.05, 4.69) is 20.8 Å². The van der Waals surface area contributed by atoms with Crippen molar-refractivity contribution in [1.29, 1.82) is 0 Å². The summed E-state index contributed by atoms with van der Waals surface area (Å²) in [4.78, 5) is 18.8. The Morgan fingerprint density at radius 2 is 2.03 bits per heavy atom. The van der Waals surface area contributed by atoms with Crippen molar-refractivity contribution in [1.82, 2.24) is 14.3 Å². The largest absolute Gasteiger partial charge is 0.375 e. The SMILES string of the molecule is C=CC(O)N1CCN(c2snc3c(F)c(-c4cccc5ccc(=O)[nH]c45)c(Cl)cc23)CC1. The van der Waals surface area contributed by atoms with E-state index in [-0.39, 0.29) is 21.7 Å². The molecule has 0 saturated carbocycles. The summed E-state index contributed by atoms with van der Waals surface area (Å²) in [6, 6.07) is 10.3. The highest BCUT2D eigenvalue weighted by atomic mass is 35.5. The summed E-state index contributed by atoms with van der Waals surface area (Å²) in [5.74, 6) is -0.507. The van der Waals surface area contributed by atoms with Gasteiger partial charge in [-0.05, 0) is 35.1 Å². The van der Waals surface area contributed by atoms with E-state index < -0.39 is 12.0 Å². The first-order valence-corrected chi connectivity index (χ1v) is 11.3. The predicted molar refractivity (Wildman–Crippen MR) is 128 cm³/mol. The molecular formula is C23H20ClFN4O2S. The van der Waals surface area contributed by atoms with Crippen LogP contribution >= 0.6 is 23.1 Å². The molecule has 0 amide bonds. The molecule has 0 aliphatic carbocycles. The molecule has 1 aliphatic heterocycles. The number of pyridine rings is 1. The number of para-hydroxylation sites is 1. The Labute approximate surface area is 192 Å². The van der Waals surface area contributed by atoms with Gasteiger partial charge in [0.2, 0.25) is 5.56 Å². The van der Waals surface area contributed by atoms with E-state index in [1.807, 2.05) is 11.0 Å². The lowest BCUT2D eigenvalue weighted by Crippen LogP contribution is -2.49. The van der Waals surface area contributed by atoms with Gasteiger partial charge in [-0.15, -0.1) is 0 Å². The van der Waals surface area contributed by atoms with Gasteiger partial charge in [-0.25, -0.2) is 4.39 Å². The van der Waals surface area contributed by atoms with Gasteiger partial charge in [0.15, 0.2) is 5.82 Å². The van der Waals surface area contributed by atoms with Crippen LogP contribution in [-0.2, 0) is 0 Å². The minimum absolute atomic E-state index is 0.224. The van der Waals surface area contributed by atoms with Crippen LogP contribution in [0.4, 0.5) is 9.39 Å². The first-order valence-electron chi connectivity index (χ1n) is 10.2. The summed E-state index contributed by atoms with van der Waals surface area (Å²) < 4.78 is 20.1. The Morgan fingerprint density at radius 1 is 1.25 bits per heavy atom. The minimum Gasteiger partial charge on any atom is -0.375 e. The van der Waals surface area contributed by atoms with Crippen LogP contribution in [0.15, 0.2) is 53.8 Å². The zero-order valence-electron chi connectivity index (χ0n) is 17.0. The fourth-order valence-electron chi connectivity index (χ4n) is 4.20. The summed E-state index contributed by atoms with van der Waals surface area (Å²) in [7, 11) is 0. The Hall–Kier alpha value is -2.78. The van der Waals surface area contributed by atoms with Gasteiger partial charge < -0.3 is 15.0 Å². The molecule has 9 heteroatoms. The molecule has 1 saturated heterocycles. The van der Waals surface area contributed by atoms with Gasteiger partial charge in [0, 0.05) is 48.8 Å². The van der Waals surface area contributed by atoms with Gasteiger partial charge in [0.1, 0.15) is 16.7 Å². The number of fused-ring (bicyclic) bond motifs is 2. The van der Waals surface area contributed by atoms with Gasteiger partial charge in [0.25, 0.3) is 0 Å². The summed E-state index contributed by atoms with van der Waals surface area (Å²) in [6.07, 6.45) is 0.839. The number of H-pyrrole nitrogens is 1. The third-order valence-corrected chi connectivity index (χ3v) is 7.08. The van der Waals surface area contributed by atoms with E-state index in [0.29, 0.717) is 42.6 Å². The molecule has 3 heterocycles. The second-order valence-electron chi connectivity index (χ2n) is 7.70. The fraction of sp³-hybridized carbons (Fsp3) is 0.217. The highest BCUT2D eigenvalue weighted by Crippen LogP contribution is 2.42. The monoisotopic (exact) mass is 470 g/mol. The maximum absolute atomic E-state index is 15.7. The molecule has 2 aromatic carbocycles. The van der Waals surface area contributed by atoms with E-state index in [1.165, 1.54) is 23.7 Å². The third-order valence-electron chi connectivity index (χ3n) is 5.86. The molecule has 5 rings (SSSR count). The predicted octanol–water partition coefficient (Wildman–Crippen LogP) is 4.22. The highest BCUT2D eigenvalue weighted by molar-refractivity contribution is 7.11. The molecule has 1 atom stereocenters. The van der Waals surface area contributed by atoms with E-state index >= 15 is 4.39 Å². The molecule has 4 aromatic rings. The number of anilines is 1. The molecular weight excluding hydrogens is 451 g/mol. The second kappa shape index (κ2) is 8.29. The summed E-state index contributed by atoms with van der Waals surface area (Å²) in [5.41, 5.74) is 1.27. The van der Waals surface area contributed by atoms with Crippen LogP contribution in [0, 0.1) is 5.82 Å². The van der Waals surface area contributed by atoms with Crippen LogP contribution in [0.25, 0.3) is 32.9 Å². The van der Waals surface area contributed by atoms with Gasteiger partial charge in [0.05, 0.1) is 10.5 Å². The van der Waals surface area contributed by atoms with E-state index in [9.17, 15) is 9.90 Å². The van der Waals surface area contributed by atoms with Gasteiger partial charge in [-0.2, -0.15) is 4.37 Å². The molecule has 32 heavy (non-hydrogen) atoms. The lowest BCUT2D eigenvalue weighted by Gasteiger charge is -2.36. The van der Waals surface area contributed by atoms with Crippen molar-refractivity contribution in [2.45, 2.75) is 6.23 Å². The number of aliphatic hydroxyl groups is 1. The Bertz CT molecular complexity index is 1390. The van der Waals surface area contributed by atoms with Crippen molar-refractivity contribution in [3.05, 3.63) is 70.2 Å². The van der Waals surface area contributed by atoms with E-state index in [0.717, 1.165) is 10.4 Å². The first-order chi connectivity index (χ1) is 15.5. The van der Waals surface area contributed by atoms with Crippen molar-refractivity contribution in [3.63, 3.8) is 0 Å². The normalized spacial score (nSPS) is 16.0. The first kappa shape index (κ1) is 21.1. The lowest BCUT2D eigenvalue weighted by atomic mass is 10.00. The van der Waals surface area contributed by atoms with Crippen LogP contribution < -0.4 is 10.5 Å². The minimum atomic E-state index is -0.670. The summed E-state index contributed by atoms with van der Waals surface area (Å²) in [5, 5.41) is 12.5. The van der Waals surface area contributed by atoms with Crippen molar-refractivity contribution in [3.8, 4) is 11.1 Å². The Balaban J connectivity index is 1.58. The highest BCUT2D eigenvalue weighted by Gasteiger charge is 2.26. The van der Waals surface area contributed by atoms with Gasteiger partial charge in [-0.1, -0.05) is 36.4 Å². The smallest absolute Gasteiger partial charge is 0.248 e. The van der Waals surface area contributed by atoms with Gasteiger partial charge >= 0.3 is 0 Å². The number of hydrogen-bond donors (Lipinski definition) is 2. The summed E-state index contributed by atoms with van der Waals surface area (Å²) >= 11 is 7.84. The fourth-order valence-corrected chi connectivity index (χ4v) is 5.40. The number of piperazine rings is 1. The number of aromatic amines is 1. The molecule has 164 valence electrons. The molecule has 0 spiro atoms. The number of nitrogens with zero attached hydrogens (tertiary/aromatic N) is 3. The zero-order valence-corrected chi connectivity index (χ0v) is 18.6. The number of nitrogens with one attached hydrogen (secondary N) is 1. The standard InChI is InChI=1S/C23H20ClFN4O2S/c1-2-18(31)28-8-10-29(11-9-28)23-15-12-16(24)19(20(25)22(15)27-32-23)14-5-3-4-13-6-7-17(30)26-21(13)14/h2-7,12,18,31H,1,8-11H2,(H,26,30). The number of aromatic nitrogens is 2. The van der Waals surface area contributed by atoms with Crippen molar-refractivity contribution in [2.75, 3.05) is 31.1 Å². The van der Waals surface area contributed by atoms with Gasteiger partial charge in [-0.3, -0.25) is 9.69 Å². The average molecular weight is 471 g/mol. The Kier molecular flexibility index (Phi) is 5.46. The molecule has 1 unspecified atom stereocenters. The maximum Gasteiger partial charge on any atom is 0.248 e. The van der Waals surface area contributed by atoms with E-state index in [1.54, 1.807) is 24.3 Å². The number of hydrogen-bond acceptors (Lipinski definition) is 6. The molecule has 0 radical (unpaired) electrons. The molecule has 0 bridgehead atoms. The molecule has 1 aliphatic rings. The maximum atomic E-state index is 15.7.